The highest BCUT2D eigenvalue weighted by molar-refractivity contribution is 5.48. The number of anilines is 1. The van der Waals surface area contributed by atoms with E-state index in [1.165, 1.54) is 19.2 Å². The van der Waals surface area contributed by atoms with Gasteiger partial charge in [-0.05, 0) is 18.2 Å². The Kier molecular flexibility index (Phi) is 2.26. The molecular weight excluding hydrogens is 159 g/mol. The summed E-state index contributed by atoms with van der Waals surface area (Å²) in [4.78, 5) is 0. The molecule has 0 heterocycles. The van der Waals surface area contributed by atoms with Gasteiger partial charge in [0.05, 0.1) is 17.3 Å². The first-order valence-electron chi connectivity index (χ1n) is 3.27. The van der Waals surface area contributed by atoms with Crippen molar-refractivity contribution >= 4 is 5.69 Å². The second-order valence-electron chi connectivity index (χ2n) is 2.30. The first-order valence-corrected chi connectivity index (χ1v) is 3.27. The van der Waals surface area contributed by atoms with E-state index in [0.29, 0.717) is 5.06 Å². The van der Waals surface area contributed by atoms with E-state index in [2.05, 4.69) is 0 Å². The number of halogens is 1. The fourth-order valence-corrected chi connectivity index (χ4v) is 0.839. The summed E-state index contributed by atoms with van der Waals surface area (Å²) in [5.74, 6) is -0.612. The maximum atomic E-state index is 12.9. The fourth-order valence-electron chi connectivity index (χ4n) is 0.839. The van der Waals surface area contributed by atoms with Crippen molar-refractivity contribution < 1.29 is 9.60 Å². The molecule has 0 aliphatic heterocycles. The van der Waals surface area contributed by atoms with Crippen molar-refractivity contribution in [2.24, 2.45) is 0 Å². The number of hydrogen-bond donors (Lipinski definition) is 1. The van der Waals surface area contributed by atoms with Crippen LogP contribution in [0.1, 0.15) is 5.56 Å². The zero-order valence-corrected chi connectivity index (χ0v) is 6.45. The first kappa shape index (κ1) is 8.50. The molecule has 0 fully saturated rings. The van der Waals surface area contributed by atoms with Crippen molar-refractivity contribution in [2.45, 2.75) is 0 Å². The second kappa shape index (κ2) is 3.20. The van der Waals surface area contributed by atoms with Crippen LogP contribution in [0, 0.1) is 17.1 Å². The van der Waals surface area contributed by atoms with Gasteiger partial charge in [-0.2, -0.15) is 5.26 Å². The van der Waals surface area contributed by atoms with Crippen LogP contribution in [0.3, 0.4) is 0 Å². The van der Waals surface area contributed by atoms with Gasteiger partial charge >= 0.3 is 0 Å². The third-order valence-corrected chi connectivity index (χ3v) is 1.43. The number of hydrogen-bond acceptors (Lipinski definition) is 3. The molecule has 0 atom stereocenters. The Bertz CT molecular complexity index is 330. The number of benzene rings is 1. The standard InChI is InChI=1S/C8H7FN2O/c1-11(12)8-3-2-6(5-10)4-7(8)9/h2-4,12H,1H3. The molecule has 1 rings (SSSR count). The molecule has 4 heteroatoms. The Morgan fingerprint density at radius 3 is 2.67 bits per heavy atom. The lowest BCUT2D eigenvalue weighted by atomic mass is 10.2. The van der Waals surface area contributed by atoms with Crippen LogP contribution in [0.15, 0.2) is 18.2 Å². The Labute approximate surface area is 69.2 Å². The zero-order valence-electron chi connectivity index (χ0n) is 6.45. The van der Waals surface area contributed by atoms with E-state index in [0.717, 1.165) is 6.07 Å². The normalized spacial score (nSPS) is 9.17. The molecule has 0 saturated heterocycles. The molecule has 1 N–H and O–H groups in total. The van der Waals surface area contributed by atoms with Gasteiger partial charge in [0.15, 0.2) is 0 Å². The van der Waals surface area contributed by atoms with E-state index in [9.17, 15) is 4.39 Å². The van der Waals surface area contributed by atoms with Crippen LogP contribution in [-0.4, -0.2) is 12.3 Å². The number of hydroxylamine groups is 1. The molecular formula is C8H7FN2O. The average molecular weight is 166 g/mol. The van der Waals surface area contributed by atoms with Gasteiger partial charge in [0.25, 0.3) is 0 Å². The van der Waals surface area contributed by atoms with E-state index in [1.807, 2.05) is 0 Å². The van der Waals surface area contributed by atoms with Crippen molar-refractivity contribution in [1.29, 1.82) is 5.26 Å². The van der Waals surface area contributed by atoms with Gasteiger partial charge in [0, 0.05) is 7.05 Å². The minimum absolute atomic E-state index is 0.0500. The number of nitrogens with zero attached hydrogens (tertiary/aromatic N) is 2. The lowest BCUT2D eigenvalue weighted by Crippen LogP contribution is -2.11. The lowest BCUT2D eigenvalue weighted by molar-refractivity contribution is 0.275. The van der Waals surface area contributed by atoms with Gasteiger partial charge in [0.2, 0.25) is 0 Å². The van der Waals surface area contributed by atoms with Crippen LogP contribution >= 0.6 is 0 Å². The maximum Gasteiger partial charge on any atom is 0.150 e. The molecule has 12 heavy (non-hydrogen) atoms. The zero-order chi connectivity index (χ0) is 9.14. The van der Waals surface area contributed by atoms with Gasteiger partial charge in [-0.25, -0.2) is 4.39 Å². The van der Waals surface area contributed by atoms with E-state index in [-0.39, 0.29) is 11.3 Å². The Balaban J connectivity index is 3.14. The Morgan fingerprint density at radius 1 is 1.58 bits per heavy atom. The summed E-state index contributed by atoms with van der Waals surface area (Å²) in [5, 5.41) is 17.9. The summed E-state index contributed by atoms with van der Waals surface area (Å²) < 4.78 is 12.9. The van der Waals surface area contributed by atoms with E-state index in [1.54, 1.807) is 6.07 Å². The van der Waals surface area contributed by atoms with Crippen molar-refractivity contribution in [1.82, 2.24) is 0 Å². The maximum absolute atomic E-state index is 12.9. The highest BCUT2D eigenvalue weighted by atomic mass is 19.1. The highest BCUT2D eigenvalue weighted by Crippen LogP contribution is 2.17. The van der Waals surface area contributed by atoms with Gasteiger partial charge in [0.1, 0.15) is 5.82 Å². The molecule has 0 aliphatic carbocycles. The molecule has 3 nitrogen and oxygen atoms in total. The molecule has 0 aromatic heterocycles. The summed E-state index contributed by atoms with van der Waals surface area (Å²) >= 11 is 0. The van der Waals surface area contributed by atoms with Crippen LogP contribution in [0.25, 0.3) is 0 Å². The van der Waals surface area contributed by atoms with Crippen molar-refractivity contribution in [3.63, 3.8) is 0 Å². The third-order valence-electron chi connectivity index (χ3n) is 1.43. The lowest BCUT2D eigenvalue weighted by Gasteiger charge is -2.10. The van der Waals surface area contributed by atoms with Gasteiger partial charge in [-0.1, -0.05) is 0 Å². The number of rotatable bonds is 1. The monoisotopic (exact) mass is 166 g/mol. The van der Waals surface area contributed by atoms with Crippen molar-refractivity contribution in [3.05, 3.63) is 29.6 Å². The second-order valence-corrected chi connectivity index (χ2v) is 2.30. The summed E-state index contributed by atoms with van der Waals surface area (Å²) in [6.07, 6.45) is 0. The minimum Gasteiger partial charge on any atom is -0.289 e. The fraction of sp³-hybridized carbons (Fsp3) is 0.125. The topological polar surface area (TPSA) is 47.3 Å². The van der Waals surface area contributed by atoms with E-state index < -0.39 is 5.82 Å². The molecule has 0 unspecified atom stereocenters. The molecule has 62 valence electrons. The smallest absolute Gasteiger partial charge is 0.150 e. The predicted molar refractivity (Wildman–Crippen MR) is 41.3 cm³/mol. The largest absolute Gasteiger partial charge is 0.289 e. The molecule has 1 aromatic carbocycles. The van der Waals surface area contributed by atoms with E-state index >= 15 is 0 Å². The molecule has 0 bridgehead atoms. The third kappa shape index (κ3) is 1.52. The summed E-state index contributed by atoms with van der Waals surface area (Å²) in [6.45, 7) is 0. The van der Waals surface area contributed by atoms with Crippen molar-refractivity contribution in [3.8, 4) is 6.07 Å². The first-order chi connectivity index (χ1) is 5.65. The van der Waals surface area contributed by atoms with Gasteiger partial charge in [-0.3, -0.25) is 10.3 Å². The highest BCUT2D eigenvalue weighted by Gasteiger charge is 2.05. The van der Waals surface area contributed by atoms with E-state index in [4.69, 9.17) is 10.5 Å². The Hall–Kier alpha value is -1.60. The Morgan fingerprint density at radius 2 is 2.25 bits per heavy atom. The molecule has 0 saturated carbocycles. The predicted octanol–water partition coefficient (Wildman–Crippen LogP) is 1.52. The molecule has 1 aromatic rings. The van der Waals surface area contributed by atoms with Crippen LogP contribution in [0.2, 0.25) is 0 Å². The van der Waals surface area contributed by atoms with Crippen LogP contribution in [0.5, 0.6) is 0 Å². The molecule has 0 amide bonds. The summed E-state index contributed by atoms with van der Waals surface area (Å²) in [5.41, 5.74) is 0.284. The summed E-state index contributed by atoms with van der Waals surface area (Å²) in [7, 11) is 1.31. The van der Waals surface area contributed by atoms with Crippen LogP contribution in [-0.2, 0) is 0 Å². The minimum atomic E-state index is -0.612. The SMILES string of the molecule is CN(O)c1ccc(C#N)cc1F. The number of nitriles is 1. The van der Waals surface area contributed by atoms with Gasteiger partial charge < -0.3 is 0 Å². The quantitative estimate of drug-likeness (QED) is 0.643. The van der Waals surface area contributed by atoms with Crippen LogP contribution < -0.4 is 5.06 Å². The summed E-state index contributed by atoms with van der Waals surface area (Å²) in [6, 6.07) is 5.64. The van der Waals surface area contributed by atoms with Crippen molar-refractivity contribution in [2.75, 3.05) is 12.1 Å². The van der Waals surface area contributed by atoms with Crippen LogP contribution in [0.4, 0.5) is 10.1 Å². The molecule has 0 radical (unpaired) electrons. The van der Waals surface area contributed by atoms with Gasteiger partial charge in [-0.15, -0.1) is 0 Å². The molecule has 0 spiro atoms. The molecule has 0 aliphatic rings. The average Bonchev–Trinajstić information content (AvgIpc) is 2.03.